The van der Waals surface area contributed by atoms with Gasteiger partial charge in [0.1, 0.15) is 0 Å². The van der Waals surface area contributed by atoms with E-state index in [9.17, 15) is 13.2 Å². The maximum Gasteiger partial charge on any atom is 0.389 e. The molecule has 1 rings (SSSR count). The van der Waals surface area contributed by atoms with Crippen molar-refractivity contribution in [2.75, 3.05) is 7.05 Å². The van der Waals surface area contributed by atoms with Crippen LogP contribution in [0.15, 0.2) is 14.3 Å². The fourth-order valence-electron chi connectivity index (χ4n) is 1.27. The summed E-state index contributed by atoms with van der Waals surface area (Å²) in [5, 5.41) is 2.90. The SMILES string of the molecule is CNC(CCC(F)(F)F)c1cc(Br)c(Br)s1. The lowest BCUT2D eigenvalue weighted by Crippen LogP contribution is -2.18. The number of alkyl halides is 3. The highest BCUT2D eigenvalue weighted by Gasteiger charge is 2.28. The highest BCUT2D eigenvalue weighted by atomic mass is 79.9. The third-order valence-electron chi connectivity index (χ3n) is 2.07. The molecule has 0 saturated heterocycles. The largest absolute Gasteiger partial charge is 0.389 e. The summed E-state index contributed by atoms with van der Waals surface area (Å²) in [5.41, 5.74) is 0. The molecule has 0 amide bonds. The summed E-state index contributed by atoms with van der Waals surface area (Å²) >= 11 is 8.08. The van der Waals surface area contributed by atoms with Gasteiger partial charge in [0.25, 0.3) is 0 Å². The van der Waals surface area contributed by atoms with E-state index in [2.05, 4.69) is 37.2 Å². The molecule has 0 saturated carbocycles. The first kappa shape index (κ1) is 14.5. The van der Waals surface area contributed by atoms with Crippen LogP contribution in [0.1, 0.15) is 23.8 Å². The molecule has 1 unspecified atom stereocenters. The molecule has 1 atom stereocenters. The van der Waals surface area contributed by atoms with Crippen molar-refractivity contribution in [2.45, 2.75) is 25.1 Å². The van der Waals surface area contributed by atoms with Crippen molar-refractivity contribution in [3.05, 3.63) is 19.2 Å². The summed E-state index contributed by atoms with van der Waals surface area (Å²) in [6, 6.07) is 1.58. The highest BCUT2D eigenvalue weighted by Crippen LogP contribution is 2.37. The fourth-order valence-corrected chi connectivity index (χ4v) is 3.51. The molecular weight excluding hydrogens is 371 g/mol. The first-order valence-electron chi connectivity index (χ1n) is 4.52. The van der Waals surface area contributed by atoms with Gasteiger partial charge in [0.2, 0.25) is 0 Å². The van der Waals surface area contributed by atoms with E-state index >= 15 is 0 Å². The lowest BCUT2D eigenvalue weighted by atomic mass is 10.1. The van der Waals surface area contributed by atoms with Crippen LogP contribution in [0.25, 0.3) is 0 Å². The molecule has 1 N–H and O–H groups in total. The zero-order valence-electron chi connectivity index (χ0n) is 8.37. The number of halogens is 5. The zero-order chi connectivity index (χ0) is 12.3. The van der Waals surface area contributed by atoms with Crippen molar-refractivity contribution in [2.24, 2.45) is 0 Å². The van der Waals surface area contributed by atoms with Crippen molar-refractivity contribution in [1.82, 2.24) is 5.32 Å². The number of thiophene rings is 1. The summed E-state index contributed by atoms with van der Waals surface area (Å²) in [6.45, 7) is 0. The number of hydrogen-bond acceptors (Lipinski definition) is 2. The van der Waals surface area contributed by atoms with Gasteiger partial charge in [-0.15, -0.1) is 11.3 Å². The van der Waals surface area contributed by atoms with E-state index in [1.165, 1.54) is 11.3 Å². The third kappa shape index (κ3) is 4.35. The number of hydrogen-bond donors (Lipinski definition) is 1. The van der Waals surface area contributed by atoms with E-state index in [4.69, 9.17) is 0 Å². The average Bonchev–Trinajstić information content (AvgIpc) is 2.46. The molecule has 1 nitrogen and oxygen atoms in total. The minimum atomic E-state index is -4.10. The second-order valence-electron chi connectivity index (χ2n) is 3.27. The Balaban J connectivity index is 2.68. The summed E-state index contributed by atoms with van der Waals surface area (Å²) in [7, 11) is 1.67. The van der Waals surface area contributed by atoms with Crippen molar-refractivity contribution in [3.63, 3.8) is 0 Å². The molecule has 92 valence electrons. The van der Waals surface area contributed by atoms with Gasteiger partial charge in [0.15, 0.2) is 0 Å². The molecule has 1 aromatic rings. The monoisotopic (exact) mass is 379 g/mol. The van der Waals surface area contributed by atoms with Crippen molar-refractivity contribution < 1.29 is 13.2 Å². The molecule has 0 aliphatic rings. The van der Waals surface area contributed by atoms with Gasteiger partial charge in [-0.3, -0.25) is 0 Å². The Morgan fingerprint density at radius 1 is 1.44 bits per heavy atom. The topological polar surface area (TPSA) is 12.0 Å². The van der Waals surface area contributed by atoms with Crippen LogP contribution < -0.4 is 5.32 Å². The predicted octanol–water partition coefficient (Wildman–Crippen LogP) is 4.88. The van der Waals surface area contributed by atoms with Crippen LogP contribution in [0.2, 0.25) is 0 Å². The lowest BCUT2D eigenvalue weighted by Gasteiger charge is -2.15. The van der Waals surface area contributed by atoms with Gasteiger partial charge < -0.3 is 5.32 Å². The minimum absolute atomic E-state index is 0.0550. The van der Waals surface area contributed by atoms with Crippen LogP contribution in [0.5, 0.6) is 0 Å². The Bertz CT molecular complexity index is 332. The van der Waals surface area contributed by atoms with E-state index in [1.807, 2.05) is 6.07 Å². The second kappa shape index (κ2) is 5.84. The van der Waals surface area contributed by atoms with Gasteiger partial charge in [0.05, 0.1) is 3.79 Å². The maximum absolute atomic E-state index is 12.1. The van der Waals surface area contributed by atoms with Crippen LogP contribution in [-0.4, -0.2) is 13.2 Å². The van der Waals surface area contributed by atoms with Gasteiger partial charge in [-0.2, -0.15) is 13.2 Å². The molecule has 0 bridgehead atoms. The molecule has 1 aromatic heterocycles. The standard InChI is InChI=1S/C9H10Br2F3NS/c1-15-6(2-3-9(12,13)14)7-4-5(10)8(11)16-7/h4,6,15H,2-3H2,1H3. The van der Waals surface area contributed by atoms with Gasteiger partial charge in [-0.05, 0) is 51.4 Å². The van der Waals surface area contributed by atoms with Crippen molar-refractivity contribution in [1.29, 1.82) is 0 Å². The van der Waals surface area contributed by atoms with Crippen LogP contribution in [0.3, 0.4) is 0 Å². The molecule has 0 aliphatic heterocycles. The molecule has 0 fully saturated rings. The van der Waals surface area contributed by atoms with Crippen LogP contribution in [-0.2, 0) is 0 Å². The number of nitrogens with one attached hydrogen (secondary N) is 1. The van der Waals surface area contributed by atoms with Crippen molar-refractivity contribution in [3.8, 4) is 0 Å². The Morgan fingerprint density at radius 3 is 2.44 bits per heavy atom. The summed E-state index contributed by atoms with van der Waals surface area (Å²) in [6.07, 6.45) is -4.81. The Hall–Kier alpha value is 0.410. The summed E-state index contributed by atoms with van der Waals surface area (Å²) in [5.74, 6) is 0. The molecular formula is C9H10Br2F3NS. The quantitative estimate of drug-likeness (QED) is 0.785. The molecule has 16 heavy (non-hydrogen) atoms. The van der Waals surface area contributed by atoms with E-state index in [0.717, 1.165) is 13.1 Å². The fraction of sp³-hybridized carbons (Fsp3) is 0.556. The van der Waals surface area contributed by atoms with Gasteiger partial charge in [-0.25, -0.2) is 0 Å². The van der Waals surface area contributed by atoms with Gasteiger partial charge in [-0.1, -0.05) is 0 Å². The normalized spacial score (nSPS) is 14.1. The van der Waals surface area contributed by atoms with Crippen LogP contribution >= 0.6 is 43.2 Å². The molecule has 0 aliphatic carbocycles. The third-order valence-corrected chi connectivity index (χ3v) is 5.44. The Morgan fingerprint density at radius 2 is 2.06 bits per heavy atom. The van der Waals surface area contributed by atoms with E-state index < -0.39 is 12.6 Å². The first-order chi connectivity index (χ1) is 7.33. The predicted molar refractivity (Wildman–Crippen MR) is 66.8 cm³/mol. The average molecular weight is 381 g/mol. The molecule has 0 spiro atoms. The molecule has 7 heteroatoms. The molecule has 0 aromatic carbocycles. The highest BCUT2D eigenvalue weighted by molar-refractivity contribution is 9.13. The zero-order valence-corrected chi connectivity index (χ0v) is 12.4. The lowest BCUT2D eigenvalue weighted by molar-refractivity contribution is -0.136. The summed E-state index contributed by atoms with van der Waals surface area (Å²) < 4.78 is 38.1. The van der Waals surface area contributed by atoms with Crippen molar-refractivity contribution >= 4 is 43.2 Å². The summed E-state index contributed by atoms with van der Waals surface area (Å²) in [4.78, 5) is 0.894. The number of rotatable bonds is 4. The van der Waals surface area contributed by atoms with Gasteiger partial charge in [0, 0.05) is 21.8 Å². The Kier molecular flexibility index (Phi) is 5.28. The van der Waals surface area contributed by atoms with Gasteiger partial charge >= 0.3 is 6.18 Å². The first-order valence-corrected chi connectivity index (χ1v) is 6.92. The van der Waals surface area contributed by atoms with E-state index in [-0.39, 0.29) is 12.5 Å². The maximum atomic E-state index is 12.1. The van der Waals surface area contributed by atoms with E-state index in [1.54, 1.807) is 7.05 Å². The van der Waals surface area contributed by atoms with E-state index in [0.29, 0.717) is 0 Å². The second-order valence-corrected chi connectivity index (χ2v) is 6.52. The minimum Gasteiger partial charge on any atom is -0.312 e. The van der Waals surface area contributed by atoms with Crippen LogP contribution in [0, 0.1) is 0 Å². The van der Waals surface area contributed by atoms with Crippen LogP contribution in [0.4, 0.5) is 13.2 Å². The molecule has 1 heterocycles. The smallest absolute Gasteiger partial charge is 0.312 e. The Labute approximate surface area is 113 Å². The molecule has 0 radical (unpaired) electrons.